The van der Waals surface area contributed by atoms with E-state index in [2.05, 4.69) is 10.3 Å². The summed E-state index contributed by atoms with van der Waals surface area (Å²) in [5.74, 6) is -1.87. The predicted molar refractivity (Wildman–Crippen MR) is 122 cm³/mol. The van der Waals surface area contributed by atoms with E-state index in [9.17, 15) is 24.0 Å². The summed E-state index contributed by atoms with van der Waals surface area (Å²) >= 11 is 1.33. The fourth-order valence-corrected chi connectivity index (χ4v) is 5.22. The Morgan fingerprint density at radius 1 is 1.15 bits per heavy atom. The Kier molecular flexibility index (Phi) is 6.37. The molecule has 1 N–H and O–H groups in total. The predicted octanol–water partition coefficient (Wildman–Crippen LogP) is 0.342. The first-order chi connectivity index (χ1) is 16.2. The molecule has 0 spiro atoms. The zero-order valence-corrected chi connectivity index (χ0v) is 19.7. The number of carbonyl (C=O) groups excluding carboxylic acids is 3. The Balaban J connectivity index is 1.43. The molecule has 0 radical (unpaired) electrons. The van der Waals surface area contributed by atoms with Crippen LogP contribution in [0, 0.1) is 0 Å². The minimum Gasteiger partial charge on any atom is -0.462 e. The van der Waals surface area contributed by atoms with Gasteiger partial charge in [0.15, 0.2) is 17.8 Å². The lowest BCUT2D eigenvalue weighted by molar-refractivity contribution is -0.147. The third-order valence-electron chi connectivity index (χ3n) is 5.53. The van der Waals surface area contributed by atoms with Crippen molar-refractivity contribution in [3.8, 4) is 0 Å². The smallest absolute Gasteiger partial charge is 0.341 e. The van der Waals surface area contributed by atoms with Gasteiger partial charge >= 0.3 is 17.6 Å². The second-order valence-electron chi connectivity index (χ2n) is 7.74. The van der Waals surface area contributed by atoms with Gasteiger partial charge in [-0.2, -0.15) is 0 Å². The van der Waals surface area contributed by atoms with Gasteiger partial charge in [-0.3, -0.25) is 23.5 Å². The molecule has 34 heavy (non-hydrogen) atoms. The quantitative estimate of drug-likeness (QED) is 0.468. The van der Waals surface area contributed by atoms with E-state index < -0.39 is 35.7 Å². The van der Waals surface area contributed by atoms with E-state index >= 15 is 0 Å². The number of nitrogens with one attached hydrogen (secondary N) is 1. The monoisotopic (exact) mass is 489 g/mol. The summed E-state index contributed by atoms with van der Waals surface area (Å²) in [6.07, 6.45) is 3.78. The Morgan fingerprint density at radius 2 is 1.91 bits per heavy atom. The molecule has 12 nitrogen and oxygen atoms in total. The number of nitrogens with zero attached hydrogens (tertiary/aromatic N) is 4. The van der Waals surface area contributed by atoms with Crippen LogP contribution in [-0.4, -0.2) is 49.7 Å². The number of carbonyl (C=O) groups is 3. The van der Waals surface area contributed by atoms with Crippen LogP contribution in [-0.2, 0) is 52.5 Å². The van der Waals surface area contributed by atoms with Crippen LogP contribution in [0.3, 0.4) is 0 Å². The standard InChI is InChI=1S/C21H23N5O7S/c1-4-32-20(30)15-11-6-5-7-12(11)34-18(15)23-13(27)9-33-14(28)8-26-10-22-17-16(26)19(29)25(3)21(31)24(17)2/h10H,4-9H2,1-3H3,(H,23,27). The van der Waals surface area contributed by atoms with Crippen molar-refractivity contribution in [3.63, 3.8) is 0 Å². The average Bonchev–Trinajstić information content (AvgIpc) is 3.49. The molecule has 1 aliphatic rings. The summed E-state index contributed by atoms with van der Waals surface area (Å²) in [5.41, 5.74) is 0.334. The average molecular weight is 490 g/mol. The molecule has 3 aromatic rings. The lowest BCUT2D eigenvalue weighted by Crippen LogP contribution is -2.37. The number of hydrogen-bond acceptors (Lipinski definition) is 9. The molecule has 0 bridgehead atoms. The third kappa shape index (κ3) is 4.14. The molecule has 3 aromatic heterocycles. The molecule has 4 rings (SSSR count). The van der Waals surface area contributed by atoms with Crippen LogP contribution < -0.4 is 16.6 Å². The molecule has 0 saturated carbocycles. The fourth-order valence-electron chi connectivity index (χ4n) is 3.92. The van der Waals surface area contributed by atoms with Crippen molar-refractivity contribution in [2.75, 3.05) is 18.5 Å². The van der Waals surface area contributed by atoms with E-state index in [-0.39, 0.29) is 24.3 Å². The van der Waals surface area contributed by atoms with E-state index in [1.54, 1.807) is 6.92 Å². The van der Waals surface area contributed by atoms with E-state index in [0.717, 1.165) is 34.3 Å². The van der Waals surface area contributed by atoms with Crippen LogP contribution in [0.15, 0.2) is 15.9 Å². The number of anilines is 1. The molecule has 3 heterocycles. The SMILES string of the molecule is CCOC(=O)c1c(NC(=O)COC(=O)Cn2cnc3c2c(=O)n(C)c(=O)n3C)sc2c1CCC2. The molecular formula is C21H23N5O7S. The van der Waals surface area contributed by atoms with Crippen molar-refractivity contribution in [2.45, 2.75) is 32.7 Å². The van der Waals surface area contributed by atoms with Gasteiger partial charge in [-0.25, -0.2) is 14.6 Å². The van der Waals surface area contributed by atoms with Crippen molar-refractivity contribution in [1.29, 1.82) is 0 Å². The van der Waals surface area contributed by atoms with Crippen LogP contribution in [0.1, 0.15) is 34.1 Å². The lowest BCUT2D eigenvalue weighted by atomic mass is 10.1. The zero-order valence-electron chi connectivity index (χ0n) is 18.9. The minimum atomic E-state index is -0.773. The lowest BCUT2D eigenvalue weighted by Gasteiger charge is -2.09. The van der Waals surface area contributed by atoms with Gasteiger partial charge in [0.25, 0.3) is 11.5 Å². The maximum absolute atomic E-state index is 12.5. The van der Waals surface area contributed by atoms with Gasteiger partial charge in [-0.05, 0) is 31.7 Å². The van der Waals surface area contributed by atoms with Gasteiger partial charge in [0.05, 0.1) is 18.5 Å². The molecule has 13 heteroatoms. The number of hydrogen-bond donors (Lipinski definition) is 1. The van der Waals surface area contributed by atoms with Gasteiger partial charge in [0.1, 0.15) is 11.5 Å². The molecule has 1 amide bonds. The van der Waals surface area contributed by atoms with Gasteiger partial charge in [0.2, 0.25) is 0 Å². The van der Waals surface area contributed by atoms with Gasteiger partial charge in [-0.1, -0.05) is 0 Å². The first-order valence-corrected chi connectivity index (χ1v) is 11.4. The summed E-state index contributed by atoms with van der Waals surface area (Å²) < 4.78 is 13.6. The van der Waals surface area contributed by atoms with E-state index in [1.807, 2.05) is 0 Å². The summed E-state index contributed by atoms with van der Waals surface area (Å²) in [5, 5.41) is 3.03. The summed E-state index contributed by atoms with van der Waals surface area (Å²) in [6.45, 7) is 0.973. The fraction of sp³-hybridized carbons (Fsp3) is 0.429. The molecule has 0 unspecified atom stereocenters. The highest BCUT2D eigenvalue weighted by Gasteiger charge is 2.28. The molecule has 1 aliphatic carbocycles. The molecule has 0 atom stereocenters. The van der Waals surface area contributed by atoms with Crippen LogP contribution in [0.4, 0.5) is 5.00 Å². The number of aromatic nitrogens is 4. The first kappa shape index (κ1) is 23.4. The van der Waals surface area contributed by atoms with Crippen LogP contribution in [0.5, 0.6) is 0 Å². The maximum atomic E-state index is 12.5. The number of fused-ring (bicyclic) bond motifs is 2. The molecular weight excluding hydrogens is 466 g/mol. The number of aryl methyl sites for hydroxylation is 2. The second kappa shape index (κ2) is 9.25. The minimum absolute atomic E-state index is 0.0678. The van der Waals surface area contributed by atoms with Crippen LogP contribution in [0.2, 0.25) is 0 Å². The highest BCUT2D eigenvalue weighted by molar-refractivity contribution is 7.17. The largest absolute Gasteiger partial charge is 0.462 e. The number of ether oxygens (including phenoxy) is 2. The number of rotatable bonds is 7. The maximum Gasteiger partial charge on any atom is 0.341 e. The second-order valence-corrected chi connectivity index (χ2v) is 8.85. The summed E-state index contributed by atoms with van der Waals surface area (Å²) in [7, 11) is 2.80. The first-order valence-electron chi connectivity index (χ1n) is 10.6. The highest BCUT2D eigenvalue weighted by Crippen LogP contribution is 2.39. The topological polar surface area (TPSA) is 144 Å². The normalized spacial score (nSPS) is 12.6. The number of thiophene rings is 1. The Bertz CT molecular complexity index is 1430. The van der Waals surface area contributed by atoms with Gasteiger partial charge < -0.3 is 19.4 Å². The van der Waals surface area contributed by atoms with Crippen molar-refractivity contribution < 1.29 is 23.9 Å². The highest BCUT2D eigenvalue weighted by atomic mass is 32.1. The van der Waals surface area contributed by atoms with Gasteiger partial charge in [0, 0.05) is 19.0 Å². The molecule has 0 aliphatic heterocycles. The number of imidazole rings is 1. The molecule has 0 aromatic carbocycles. The van der Waals surface area contributed by atoms with E-state index in [1.165, 1.54) is 40.9 Å². The van der Waals surface area contributed by atoms with Crippen molar-refractivity contribution in [1.82, 2.24) is 18.7 Å². The van der Waals surface area contributed by atoms with Crippen LogP contribution >= 0.6 is 11.3 Å². The van der Waals surface area contributed by atoms with Crippen molar-refractivity contribution in [3.05, 3.63) is 43.2 Å². The Morgan fingerprint density at radius 3 is 2.65 bits per heavy atom. The Labute approximate surface area is 196 Å². The summed E-state index contributed by atoms with van der Waals surface area (Å²) in [6, 6.07) is 0. The van der Waals surface area contributed by atoms with E-state index in [0.29, 0.717) is 10.6 Å². The number of amides is 1. The van der Waals surface area contributed by atoms with Crippen molar-refractivity contribution >= 4 is 45.3 Å². The Hall–Kier alpha value is -3.74. The van der Waals surface area contributed by atoms with E-state index in [4.69, 9.17) is 9.47 Å². The third-order valence-corrected chi connectivity index (χ3v) is 6.74. The number of esters is 2. The summed E-state index contributed by atoms with van der Waals surface area (Å²) in [4.78, 5) is 66.7. The van der Waals surface area contributed by atoms with Gasteiger partial charge in [-0.15, -0.1) is 11.3 Å². The van der Waals surface area contributed by atoms with Crippen molar-refractivity contribution in [2.24, 2.45) is 14.1 Å². The zero-order chi connectivity index (χ0) is 24.6. The molecule has 180 valence electrons. The van der Waals surface area contributed by atoms with Crippen LogP contribution in [0.25, 0.3) is 11.2 Å². The molecule has 0 fully saturated rings. The molecule has 0 saturated heterocycles.